The van der Waals surface area contributed by atoms with Crippen LogP contribution in [0.3, 0.4) is 0 Å². The Bertz CT molecular complexity index is 1330. The molecule has 0 aromatic carbocycles. The van der Waals surface area contributed by atoms with Crippen LogP contribution in [-0.2, 0) is 14.3 Å². The summed E-state index contributed by atoms with van der Waals surface area (Å²) in [5.74, 6) is -0.0531. The van der Waals surface area contributed by atoms with Gasteiger partial charge in [0.25, 0.3) is 0 Å². The van der Waals surface area contributed by atoms with Crippen LogP contribution in [0.4, 0.5) is 0 Å². The molecular weight excluding hydrogens is 1010 g/mol. The van der Waals surface area contributed by atoms with E-state index in [2.05, 4.69) is 43.5 Å². The maximum Gasteiger partial charge on any atom is 0.305 e. The van der Waals surface area contributed by atoms with Crippen molar-refractivity contribution in [3.8, 4) is 0 Å². The van der Waals surface area contributed by atoms with Crippen LogP contribution in [0.5, 0.6) is 0 Å². The third kappa shape index (κ3) is 67.2. The Kier molecular flexibility index (Phi) is 69.9. The fraction of sp³-hybridized carbons (Fsp3) is 0.895. The van der Waals surface area contributed by atoms with Crippen molar-refractivity contribution in [3.63, 3.8) is 0 Å². The molecule has 0 aromatic rings. The first-order valence-electron chi connectivity index (χ1n) is 37.3. The average Bonchev–Trinajstić information content (AvgIpc) is 3.48. The van der Waals surface area contributed by atoms with Crippen LogP contribution in [0.25, 0.3) is 0 Å². The molecule has 0 spiro atoms. The maximum atomic E-state index is 12.5. The second-order valence-corrected chi connectivity index (χ2v) is 25.6. The Morgan fingerprint density at radius 3 is 0.890 bits per heavy atom. The van der Waals surface area contributed by atoms with Gasteiger partial charge >= 0.3 is 5.97 Å². The van der Waals surface area contributed by atoms with E-state index in [4.69, 9.17) is 4.74 Å². The summed E-state index contributed by atoms with van der Waals surface area (Å²) in [4.78, 5) is 24.6. The highest BCUT2D eigenvalue weighted by atomic mass is 16.5. The number of rotatable bonds is 70. The lowest BCUT2D eigenvalue weighted by Gasteiger charge is -2.20. The Hall–Kier alpha value is -1.92. The van der Waals surface area contributed by atoms with Gasteiger partial charge in [-0.25, -0.2) is 0 Å². The van der Waals surface area contributed by atoms with Crippen LogP contribution in [-0.4, -0.2) is 47.4 Å². The van der Waals surface area contributed by atoms with Crippen molar-refractivity contribution in [2.75, 3.05) is 13.2 Å². The van der Waals surface area contributed by atoms with Crippen LogP contribution in [0, 0.1) is 0 Å². The van der Waals surface area contributed by atoms with Gasteiger partial charge in [0, 0.05) is 12.8 Å². The molecule has 0 saturated heterocycles. The third-order valence-corrected chi connectivity index (χ3v) is 17.4. The maximum absolute atomic E-state index is 12.5. The van der Waals surface area contributed by atoms with Gasteiger partial charge in [-0.05, 0) is 83.5 Å². The predicted octanol–water partition coefficient (Wildman–Crippen LogP) is 24.3. The van der Waals surface area contributed by atoms with E-state index in [1.807, 2.05) is 6.08 Å². The molecule has 6 nitrogen and oxygen atoms in total. The normalized spacial score (nSPS) is 12.7. The molecule has 0 radical (unpaired) electrons. The molecule has 0 saturated carbocycles. The third-order valence-electron chi connectivity index (χ3n) is 17.4. The van der Waals surface area contributed by atoms with Crippen molar-refractivity contribution < 1.29 is 24.5 Å². The summed E-state index contributed by atoms with van der Waals surface area (Å²) in [6.45, 7) is 4.92. The molecule has 2 atom stereocenters. The van der Waals surface area contributed by atoms with Crippen molar-refractivity contribution in [2.24, 2.45) is 0 Å². The molecular formula is C76H145NO5. The monoisotopic (exact) mass is 1150 g/mol. The number of hydrogen-bond donors (Lipinski definition) is 3. The topological polar surface area (TPSA) is 95.9 Å². The van der Waals surface area contributed by atoms with Gasteiger partial charge < -0.3 is 20.3 Å². The molecule has 484 valence electrons. The molecule has 0 rings (SSSR count). The van der Waals surface area contributed by atoms with Gasteiger partial charge in [-0.2, -0.15) is 0 Å². The highest BCUT2D eigenvalue weighted by Crippen LogP contribution is 2.19. The second kappa shape index (κ2) is 71.6. The zero-order chi connectivity index (χ0) is 59.2. The van der Waals surface area contributed by atoms with E-state index in [9.17, 15) is 19.8 Å². The first kappa shape index (κ1) is 80.1. The number of esters is 1. The minimum atomic E-state index is -0.844. The first-order valence-corrected chi connectivity index (χ1v) is 37.3. The number of aliphatic hydroxyl groups is 2. The summed E-state index contributed by atoms with van der Waals surface area (Å²) < 4.78 is 5.48. The van der Waals surface area contributed by atoms with Crippen molar-refractivity contribution >= 4 is 11.9 Å². The lowest BCUT2D eigenvalue weighted by atomic mass is 10.0. The van der Waals surface area contributed by atoms with E-state index in [0.29, 0.717) is 19.4 Å². The second-order valence-electron chi connectivity index (χ2n) is 25.6. The minimum Gasteiger partial charge on any atom is -0.466 e. The molecule has 0 aliphatic carbocycles. The van der Waals surface area contributed by atoms with Crippen molar-refractivity contribution in [1.29, 1.82) is 0 Å². The number of allylic oxidation sites excluding steroid dienone is 5. The molecule has 0 aliphatic rings. The van der Waals surface area contributed by atoms with Gasteiger partial charge in [-0.3, -0.25) is 9.59 Å². The van der Waals surface area contributed by atoms with Crippen LogP contribution < -0.4 is 5.32 Å². The summed E-state index contributed by atoms with van der Waals surface area (Å²) in [6, 6.07) is -0.627. The molecule has 0 heterocycles. The quantitative estimate of drug-likeness (QED) is 0.0320. The smallest absolute Gasteiger partial charge is 0.305 e. The van der Waals surface area contributed by atoms with Crippen LogP contribution >= 0.6 is 0 Å². The Morgan fingerprint density at radius 2 is 0.573 bits per heavy atom. The summed E-state index contributed by atoms with van der Waals surface area (Å²) >= 11 is 0. The summed E-state index contributed by atoms with van der Waals surface area (Å²) in [5, 5.41) is 23.3. The van der Waals surface area contributed by atoms with E-state index >= 15 is 0 Å². The minimum absolute atomic E-state index is 0.00822. The summed E-state index contributed by atoms with van der Waals surface area (Å²) in [5.41, 5.74) is 0. The lowest BCUT2D eigenvalue weighted by Crippen LogP contribution is -2.45. The van der Waals surface area contributed by atoms with E-state index in [-0.39, 0.29) is 18.5 Å². The standard InChI is InChI=1S/C76H145NO5/c1-3-5-7-9-11-13-15-17-18-19-20-33-36-39-42-45-48-52-56-60-64-68-74(79)73(72-78)77-75(80)69-65-61-57-53-49-46-43-40-37-34-31-29-27-25-23-21-22-24-26-28-30-32-35-38-41-44-47-51-55-59-63-67-71-82-76(81)70-66-62-58-54-50-16-14-12-10-8-6-4-2/h12,14,24,26,64,68,73-74,78-79H,3-11,13,15-23,25,27-63,65-67,69-72H2,1-2H3,(H,77,80)/b14-12-,26-24-,68-64+. The molecule has 0 fully saturated rings. The van der Waals surface area contributed by atoms with Crippen LogP contribution in [0.15, 0.2) is 36.5 Å². The van der Waals surface area contributed by atoms with E-state index in [0.717, 1.165) is 44.9 Å². The number of hydrogen-bond acceptors (Lipinski definition) is 5. The van der Waals surface area contributed by atoms with E-state index < -0.39 is 12.1 Å². The summed E-state index contributed by atoms with van der Waals surface area (Å²) in [6.07, 6.45) is 92.5. The molecule has 2 unspecified atom stereocenters. The summed E-state index contributed by atoms with van der Waals surface area (Å²) in [7, 11) is 0. The molecule has 82 heavy (non-hydrogen) atoms. The number of ether oxygens (including phenoxy) is 1. The molecule has 0 aromatic heterocycles. The lowest BCUT2D eigenvalue weighted by molar-refractivity contribution is -0.143. The highest BCUT2D eigenvalue weighted by molar-refractivity contribution is 5.76. The zero-order valence-electron chi connectivity index (χ0n) is 55.5. The van der Waals surface area contributed by atoms with Gasteiger partial charge in [0.2, 0.25) is 5.91 Å². The highest BCUT2D eigenvalue weighted by Gasteiger charge is 2.18. The van der Waals surface area contributed by atoms with Gasteiger partial charge in [-0.15, -0.1) is 0 Å². The van der Waals surface area contributed by atoms with Gasteiger partial charge in [0.15, 0.2) is 0 Å². The largest absolute Gasteiger partial charge is 0.466 e. The number of unbranched alkanes of at least 4 members (excludes halogenated alkanes) is 55. The fourth-order valence-electron chi connectivity index (χ4n) is 11.7. The fourth-order valence-corrected chi connectivity index (χ4v) is 11.7. The Balaban J connectivity index is 3.38. The van der Waals surface area contributed by atoms with Crippen molar-refractivity contribution in [1.82, 2.24) is 5.32 Å². The number of carbonyl (C=O) groups is 2. The Labute approximate surface area is 513 Å². The van der Waals surface area contributed by atoms with Gasteiger partial charge in [0.05, 0.1) is 25.4 Å². The molecule has 3 N–H and O–H groups in total. The Morgan fingerprint density at radius 1 is 0.329 bits per heavy atom. The van der Waals surface area contributed by atoms with Gasteiger partial charge in [0.1, 0.15) is 0 Å². The van der Waals surface area contributed by atoms with E-state index in [1.165, 1.54) is 340 Å². The molecule has 0 bridgehead atoms. The zero-order valence-corrected chi connectivity index (χ0v) is 55.5. The number of amides is 1. The molecule has 1 amide bonds. The van der Waals surface area contributed by atoms with E-state index in [1.54, 1.807) is 6.08 Å². The SMILES string of the molecule is CCCCC/C=C\CCCCCCCC(=O)OCCCCCCCCCCCCCC/C=C\CCCCCCCCCCCCCCCCCCC(=O)NC(CO)C(O)/C=C/CCCCCCCCCCCCCCCCCCCCC. The van der Waals surface area contributed by atoms with Crippen LogP contribution in [0.2, 0.25) is 0 Å². The van der Waals surface area contributed by atoms with Gasteiger partial charge in [-0.1, -0.05) is 352 Å². The molecule has 6 heteroatoms. The van der Waals surface area contributed by atoms with Crippen LogP contribution in [0.1, 0.15) is 412 Å². The molecule has 0 aliphatic heterocycles. The number of aliphatic hydroxyl groups excluding tert-OH is 2. The predicted molar refractivity (Wildman–Crippen MR) is 361 cm³/mol. The van der Waals surface area contributed by atoms with Crippen molar-refractivity contribution in [2.45, 2.75) is 424 Å². The first-order chi connectivity index (χ1) is 40.5. The number of carbonyl (C=O) groups excluding carboxylic acids is 2. The average molecular weight is 1150 g/mol. The number of nitrogens with one attached hydrogen (secondary N) is 1. The van der Waals surface area contributed by atoms with Crippen molar-refractivity contribution in [3.05, 3.63) is 36.5 Å².